The van der Waals surface area contributed by atoms with Crippen LogP contribution in [0.25, 0.3) is 0 Å². The van der Waals surface area contributed by atoms with Crippen LogP contribution in [-0.2, 0) is 4.74 Å². The average molecular weight is 264 g/mol. The van der Waals surface area contributed by atoms with Crippen molar-refractivity contribution in [3.05, 3.63) is 30.3 Å². The highest BCUT2D eigenvalue weighted by Crippen LogP contribution is 2.14. The summed E-state index contributed by atoms with van der Waals surface area (Å²) in [5.41, 5.74) is 0. The monoisotopic (exact) mass is 264 g/mol. The van der Waals surface area contributed by atoms with Crippen LogP contribution in [0.3, 0.4) is 0 Å². The molecule has 1 aliphatic heterocycles. The lowest BCUT2D eigenvalue weighted by Crippen LogP contribution is -2.39. The number of hydrogen-bond acceptors (Lipinski definition) is 4. The van der Waals surface area contributed by atoms with Gasteiger partial charge in [-0.1, -0.05) is 18.2 Å². The molecule has 6 nitrogen and oxygen atoms in total. The van der Waals surface area contributed by atoms with Gasteiger partial charge in [-0.3, -0.25) is 0 Å². The maximum Gasteiger partial charge on any atom is 0.415 e. The smallest absolute Gasteiger partial charge is 0.415 e. The van der Waals surface area contributed by atoms with Crippen molar-refractivity contribution in [3.63, 3.8) is 0 Å². The molecule has 1 fully saturated rings. The summed E-state index contributed by atoms with van der Waals surface area (Å²) in [5, 5.41) is 2.67. The van der Waals surface area contributed by atoms with Crippen LogP contribution in [0.2, 0.25) is 0 Å². The minimum atomic E-state index is -0.483. The number of carbonyl (C=O) groups is 2. The number of alkyl carbamates (subject to hydrolysis) is 1. The molecule has 1 saturated heterocycles. The van der Waals surface area contributed by atoms with Gasteiger partial charge in [0, 0.05) is 13.1 Å². The molecule has 2 amide bonds. The Labute approximate surface area is 111 Å². The van der Waals surface area contributed by atoms with Crippen molar-refractivity contribution in [2.75, 3.05) is 20.2 Å². The van der Waals surface area contributed by atoms with Gasteiger partial charge < -0.3 is 19.7 Å². The summed E-state index contributed by atoms with van der Waals surface area (Å²) >= 11 is 0. The fourth-order valence-corrected chi connectivity index (χ4v) is 1.92. The van der Waals surface area contributed by atoms with Gasteiger partial charge >= 0.3 is 12.2 Å². The Morgan fingerprint density at radius 3 is 2.74 bits per heavy atom. The molecule has 0 saturated carbocycles. The van der Waals surface area contributed by atoms with E-state index in [-0.39, 0.29) is 6.04 Å². The molecule has 1 atom stereocenters. The molecule has 0 radical (unpaired) electrons. The Kier molecular flexibility index (Phi) is 4.22. The van der Waals surface area contributed by atoms with Crippen LogP contribution in [0.5, 0.6) is 5.75 Å². The molecule has 1 N–H and O–H groups in total. The highest BCUT2D eigenvalue weighted by Gasteiger charge is 2.28. The first-order valence-electron chi connectivity index (χ1n) is 6.05. The van der Waals surface area contributed by atoms with Crippen LogP contribution in [0.4, 0.5) is 9.59 Å². The first-order valence-corrected chi connectivity index (χ1v) is 6.05. The Morgan fingerprint density at radius 2 is 2.05 bits per heavy atom. The molecule has 0 bridgehead atoms. The summed E-state index contributed by atoms with van der Waals surface area (Å²) in [6, 6.07) is 8.80. The summed E-state index contributed by atoms with van der Waals surface area (Å²) in [5.74, 6) is 0.511. The fourth-order valence-electron chi connectivity index (χ4n) is 1.92. The number of nitrogens with zero attached hydrogens (tertiary/aromatic N) is 1. The third kappa shape index (κ3) is 3.61. The second-order valence-electron chi connectivity index (χ2n) is 4.25. The van der Waals surface area contributed by atoms with Crippen LogP contribution >= 0.6 is 0 Å². The van der Waals surface area contributed by atoms with Crippen molar-refractivity contribution in [2.45, 2.75) is 12.5 Å². The SMILES string of the molecule is COC(=O)NC1CCN(C(=O)Oc2ccccc2)C1. The molecule has 102 valence electrons. The molecule has 6 heteroatoms. The maximum atomic E-state index is 11.9. The van der Waals surface area contributed by atoms with E-state index < -0.39 is 12.2 Å². The van der Waals surface area contributed by atoms with Crippen LogP contribution in [0.1, 0.15) is 6.42 Å². The highest BCUT2D eigenvalue weighted by atomic mass is 16.6. The molecular formula is C13H16N2O4. The Morgan fingerprint density at radius 1 is 1.32 bits per heavy atom. The summed E-state index contributed by atoms with van der Waals surface area (Å²) in [4.78, 5) is 24.5. The van der Waals surface area contributed by atoms with Gasteiger partial charge in [0.1, 0.15) is 5.75 Å². The van der Waals surface area contributed by atoms with Crippen molar-refractivity contribution in [1.82, 2.24) is 10.2 Å². The van der Waals surface area contributed by atoms with E-state index >= 15 is 0 Å². The molecule has 0 spiro atoms. The molecule has 1 heterocycles. The van der Waals surface area contributed by atoms with Gasteiger partial charge in [0.25, 0.3) is 0 Å². The van der Waals surface area contributed by atoms with E-state index in [0.29, 0.717) is 25.3 Å². The van der Waals surface area contributed by atoms with Crippen molar-refractivity contribution in [3.8, 4) is 5.75 Å². The molecule has 0 aliphatic carbocycles. The number of para-hydroxylation sites is 1. The van der Waals surface area contributed by atoms with Crippen molar-refractivity contribution >= 4 is 12.2 Å². The lowest BCUT2D eigenvalue weighted by Gasteiger charge is -2.16. The Bertz CT molecular complexity index is 449. The van der Waals surface area contributed by atoms with Gasteiger partial charge in [-0.2, -0.15) is 0 Å². The number of hydrogen-bond donors (Lipinski definition) is 1. The predicted octanol–water partition coefficient (Wildman–Crippen LogP) is 1.62. The van der Waals surface area contributed by atoms with Crippen LogP contribution in [-0.4, -0.2) is 43.3 Å². The number of amides is 2. The number of benzene rings is 1. The van der Waals surface area contributed by atoms with Gasteiger partial charge in [0.2, 0.25) is 0 Å². The van der Waals surface area contributed by atoms with Crippen molar-refractivity contribution in [1.29, 1.82) is 0 Å². The Balaban J connectivity index is 1.83. The van der Waals surface area contributed by atoms with Crippen molar-refractivity contribution in [2.24, 2.45) is 0 Å². The number of carbonyl (C=O) groups excluding carboxylic acids is 2. The van der Waals surface area contributed by atoms with E-state index in [9.17, 15) is 9.59 Å². The molecule has 0 aromatic heterocycles. The fraction of sp³-hybridized carbons (Fsp3) is 0.385. The lowest BCUT2D eigenvalue weighted by atomic mass is 10.3. The van der Waals surface area contributed by atoms with Crippen LogP contribution in [0.15, 0.2) is 30.3 Å². The maximum absolute atomic E-state index is 11.9. The highest BCUT2D eigenvalue weighted by molar-refractivity contribution is 5.71. The Hall–Kier alpha value is -2.24. The average Bonchev–Trinajstić information content (AvgIpc) is 2.88. The minimum Gasteiger partial charge on any atom is -0.453 e. The third-order valence-corrected chi connectivity index (χ3v) is 2.90. The summed E-state index contributed by atoms with van der Waals surface area (Å²) in [6.07, 6.45) is -0.192. The lowest BCUT2D eigenvalue weighted by molar-refractivity contribution is 0.157. The predicted molar refractivity (Wildman–Crippen MR) is 68.0 cm³/mol. The second-order valence-corrected chi connectivity index (χ2v) is 4.25. The van der Waals surface area contributed by atoms with E-state index in [1.807, 2.05) is 6.07 Å². The van der Waals surface area contributed by atoms with E-state index in [2.05, 4.69) is 10.1 Å². The zero-order chi connectivity index (χ0) is 13.7. The van der Waals surface area contributed by atoms with Crippen molar-refractivity contribution < 1.29 is 19.1 Å². The van der Waals surface area contributed by atoms with Crippen LogP contribution < -0.4 is 10.1 Å². The minimum absolute atomic E-state index is 0.0872. The molecule has 1 aliphatic rings. The first kappa shape index (κ1) is 13.2. The van der Waals surface area contributed by atoms with E-state index in [0.717, 1.165) is 0 Å². The number of ether oxygens (including phenoxy) is 2. The molecule has 1 unspecified atom stereocenters. The molecule has 19 heavy (non-hydrogen) atoms. The third-order valence-electron chi connectivity index (χ3n) is 2.90. The first-order chi connectivity index (χ1) is 9.19. The van der Waals surface area contributed by atoms with E-state index in [4.69, 9.17) is 4.74 Å². The largest absolute Gasteiger partial charge is 0.453 e. The number of nitrogens with one attached hydrogen (secondary N) is 1. The quantitative estimate of drug-likeness (QED) is 0.881. The van der Waals surface area contributed by atoms with Gasteiger partial charge in [-0.15, -0.1) is 0 Å². The summed E-state index contributed by atoms with van der Waals surface area (Å²) in [7, 11) is 1.31. The summed E-state index contributed by atoms with van der Waals surface area (Å²) < 4.78 is 9.74. The molecule has 2 rings (SSSR count). The summed E-state index contributed by atoms with van der Waals surface area (Å²) in [6.45, 7) is 0.987. The topological polar surface area (TPSA) is 67.9 Å². The second kappa shape index (κ2) is 6.08. The molecular weight excluding hydrogens is 248 g/mol. The van der Waals surface area contributed by atoms with E-state index in [1.54, 1.807) is 29.2 Å². The van der Waals surface area contributed by atoms with E-state index in [1.165, 1.54) is 7.11 Å². The van der Waals surface area contributed by atoms with Gasteiger partial charge in [0.15, 0.2) is 0 Å². The molecule has 1 aromatic carbocycles. The van der Waals surface area contributed by atoms with Crippen LogP contribution in [0, 0.1) is 0 Å². The zero-order valence-corrected chi connectivity index (χ0v) is 10.7. The van der Waals surface area contributed by atoms with Gasteiger partial charge in [0.05, 0.1) is 13.2 Å². The normalized spacial score (nSPS) is 17.9. The zero-order valence-electron chi connectivity index (χ0n) is 10.7. The van der Waals surface area contributed by atoms with Gasteiger partial charge in [-0.25, -0.2) is 9.59 Å². The number of likely N-dealkylation sites (tertiary alicyclic amines) is 1. The number of rotatable bonds is 2. The standard InChI is InChI=1S/C13H16N2O4/c1-18-12(16)14-10-7-8-15(9-10)13(17)19-11-5-3-2-4-6-11/h2-6,10H,7-9H2,1H3,(H,14,16). The number of methoxy groups -OCH3 is 1. The molecule has 1 aromatic rings. The van der Waals surface area contributed by atoms with Gasteiger partial charge in [-0.05, 0) is 18.6 Å².